The Labute approximate surface area is 186 Å². The van der Waals surface area contributed by atoms with Gasteiger partial charge >= 0.3 is 5.97 Å². The van der Waals surface area contributed by atoms with Gasteiger partial charge in [-0.3, -0.25) is 19.5 Å². The maximum Gasteiger partial charge on any atom is 0.317 e. The van der Waals surface area contributed by atoms with Crippen LogP contribution in [0.3, 0.4) is 0 Å². The van der Waals surface area contributed by atoms with Crippen molar-refractivity contribution in [2.24, 2.45) is 5.10 Å². The number of carboxylic acid groups (broad SMARTS) is 1. The predicted molar refractivity (Wildman–Crippen MR) is 124 cm³/mol. The molecule has 0 spiro atoms. The van der Waals surface area contributed by atoms with Crippen LogP contribution in [0.2, 0.25) is 0 Å². The Balaban J connectivity index is 1.35. The van der Waals surface area contributed by atoms with Gasteiger partial charge in [0.25, 0.3) is 5.91 Å². The number of anilines is 1. The second-order valence-electron chi connectivity index (χ2n) is 7.72. The Kier molecular flexibility index (Phi) is 6.89. The molecule has 8 heteroatoms. The Morgan fingerprint density at radius 2 is 1.84 bits per heavy atom. The lowest BCUT2D eigenvalue weighted by Crippen LogP contribution is -2.34. The van der Waals surface area contributed by atoms with Gasteiger partial charge in [0.1, 0.15) is 0 Å². The molecule has 4 rings (SSSR count). The van der Waals surface area contributed by atoms with E-state index in [1.54, 1.807) is 6.07 Å². The molecule has 2 N–H and O–H groups in total. The third kappa shape index (κ3) is 5.86. The number of nitrogens with zero attached hydrogens (tertiary/aromatic N) is 3. The highest BCUT2D eigenvalue weighted by Crippen LogP contribution is 2.21. The van der Waals surface area contributed by atoms with Crippen LogP contribution in [0.15, 0.2) is 47.6 Å². The van der Waals surface area contributed by atoms with Crippen molar-refractivity contribution < 1.29 is 14.7 Å². The first-order valence-corrected chi connectivity index (χ1v) is 11.6. The molecule has 2 aliphatic rings. The number of amides is 1. The Bertz CT molecular complexity index is 971. The van der Waals surface area contributed by atoms with Crippen LogP contribution in [0.4, 0.5) is 5.69 Å². The third-order valence-electron chi connectivity index (χ3n) is 5.44. The van der Waals surface area contributed by atoms with E-state index in [2.05, 4.69) is 15.4 Å². The van der Waals surface area contributed by atoms with E-state index in [-0.39, 0.29) is 12.5 Å². The van der Waals surface area contributed by atoms with Crippen LogP contribution in [0.5, 0.6) is 0 Å². The molecule has 1 amide bonds. The van der Waals surface area contributed by atoms with Gasteiger partial charge in [-0.05, 0) is 47.4 Å². The highest BCUT2D eigenvalue weighted by molar-refractivity contribution is 7.99. The SMILES string of the molecule is O=C(O)CN1CCc2cc(C(=O)Nc3ccc(C=NN4CCSCC4)cc3)ccc2C1. The standard InChI is InChI=1S/C23H26N4O3S/c28-22(29)16-26-8-7-18-13-19(3-4-20(18)15-26)23(30)25-21-5-1-17(2-6-21)14-24-27-9-11-31-12-10-27/h1-6,13-14H,7-12,15-16H2,(H,25,30)(H,28,29). The quantitative estimate of drug-likeness (QED) is 0.675. The van der Waals surface area contributed by atoms with Gasteiger partial charge in [0, 0.05) is 48.9 Å². The molecule has 7 nitrogen and oxygen atoms in total. The average molecular weight is 439 g/mol. The smallest absolute Gasteiger partial charge is 0.317 e. The lowest BCUT2D eigenvalue weighted by atomic mass is 9.97. The van der Waals surface area contributed by atoms with Gasteiger partial charge in [-0.25, -0.2) is 0 Å². The van der Waals surface area contributed by atoms with E-state index in [1.807, 2.05) is 59.3 Å². The Morgan fingerprint density at radius 3 is 2.58 bits per heavy atom. The van der Waals surface area contributed by atoms with Crippen LogP contribution in [0.1, 0.15) is 27.0 Å². The van der Waals surface area contributed by atoms with Crippen molar-refractivity contribution in [1.29, 1.82) is 0 Å². The number of carbonyl (C=O) groups is 2. The molecule has 31 heavy (non-hydrogen) atoms. The first-order valence-electron chi connectivity index (χ1n) is 10.4. The minimum Gasteiger partial charge on any atom is -0.480 e. The molecule has 2 aliphatic heterocycles. The molecule has 0 bridgehead atoms. The number of carboxylic acids is 1. The molecule has 0 saturated carbocycles. The molecule has 0 aromatic heterocycles. The van der Waals surface area contributed by atoms with Crippen LogP contribution in [-0.2, 0) is 17.8 Å². The summed E-state index contributed by atoms with van der Waals surface area (Å²) >= 11 is 1.96. The maximum absolute atomic E-state index is 12.7. The molecule has 2 aromatic rings. The normalized spacial score (nSPS) is 16.8. The van der Waals surface area contributed by atoms with Crippen molar-refractivity contribution in [3.8, 4) is 0 Å². The lowest BCUT2D eigenvalue weighted by Gasteiger charge is -2.27. The number of hydrogen-bond acceptors (Lipinski definition) is 6. The fourth-order valence-electron chi connectivity index (χ4n) is 3.75. The molecule has 162 valence electrons. The highest BCUT2D eigenvalue weighted by Gasteiger charge is 2.19. The minimum absolute atomic E-state index is 0.0412. The molecule has 2 aromatic carbocycles. The van der Waals surface area contributed by atoms with Crippen molar-refractivity contribution in [2.75, 3.05) is 43.0 Å². The van der Waals surface area contributed by atoms with Gasteiger partial charge in [0.05, 0.1) is 12.8 Å². The molecule has 1 saturated heterocycles. The average Bonchev–Trinajstić information content (AvgIpc) is 2.78. The summed E-state index contributed by atoms with van der Waals surface area (Å²) in [5.41, 5.74) is 4.54. The zero-order valence-corrected chi connectivity index (χ0v) is 18.1. The molecule has 0 atom stereocenters. The van der Waals surface area contributed by atoms with Crippen LogP contribution in [-0.4, -0.2) is 70.8 Å². The fraction of sp³-hybridized carbons (Fsp3) is 0.348. The molecule has 0 aliphatic carbocycles. The molecular formula is C23H26N4O3S. The maximum atomic E-state index is 12.7. The first kappa shape index (κ1) is 21.4. The van der Waals surface area contributed by atoms with Gasteiger partial charge in [-0.15, -0.1) is 0 Å². The Morgan fingerprint density at radius 1 is 1.06 bits per heavy atom. The fourth-order valence-corrected chi connectivity index (χ4v) is 4.64. The van der Waals surface area contributed by atoms with Crippen molar-refractivity contribution >= 4 is 35.5 Å². The summed E-state index contributed by atoms with van der Waals surface area (Å²) in [7, 11) is 0. The zero-order chi connectivity index (χ0) is 21.6. The number of fused-ring (bicyclic) bond motifs is 1. The molecular weight excluding hydrogens is 412 g/mol. The van der Waals surface area contributed by atoms with E-state index >= 15 is 0 Å². The summed E-state index contributed by atoms with van der Waals surface area (Å²) < 4.78 is 0. The Hall–Kier alpha value is -2.84. The summed E-state index contributed by atoms with van der Waals surface area (Å²) in [6.07, 6.45) is 2.60. The number of hydrazone groups is 1. The summed E-state index contributed by atoms with van der Waals surface area (Å²) in [6, 6.07) is 13.3. The first-order chi connectivity index (χ1) is 15.1. The second kappa shape index (κ2) is 9.98. The van der Waals surface area contributed by atoms with Crippen molar-refractivity contribution in [3.63, 3.8) is 0 Å². The largest absolute Gasteiger partial charge is 0.480 e. The molecule has 1 fully saturated rings. The second-order valence-corrected chi connectivity index (χ2v) is 8.95. The molecule has 0 radical (unpaired) electrons. The number of benzene rings is 2. The van der Waals surface area contributed by atoms with E-state index < -0.39 is 5.97 Å². The summed E-state index contributed by atoms with van der Waals surface area (Å²) in [5, 5.41) is 18.5. The van der Waals surface area contributed by atoms with Crippen LogP contribution in [0, 0.1) is 0 Å². The van der Waals surface area contributed by atoms with Crippen LogP contribution in [0.25, 0.3) is 0 Å². The zero-order valence-electron chi connectivity index (χ0n) is 17.3. The third-order valence-corrected chi connectivity index (χ3v) is 6.39. The van der Waals surface area contributed by atoms with Gasteiger partial charge in [-0.2, -0.15) is 16.9 Å². The van der Waals surface area contributed by atoms with Crippen molar-refractivity contribution in [3.05, 3.63) is 64.7 Å². The topological polar surface area (TPSA) is 85.2 Å². The van der Waals surface area contributed by atoms with Gasteiger partial charge in [0.15, 0.2) is 0 Å². The number of rotatable bonds is 6. The van der Waals surface area contributed by atoms with Gasteiger partial charge in [-0.1, -0.05) is 18.2 Å². The highest BCUT2D eigenvalue weighted by atomic mass is 32.2. The molecule has 2 heterocycles. The summed E-state index contributed by atoms with van der Waals surface area (Å²) in [5.74, 6) is 1.27. The van der Waals surface area contributed by atoms with Crippen molar-refractivity contribution in [2.45, 2.75) is 13.0 Å². The van der Waals surface area contributed by atoms with E-state index in [9.17, 15) is 9.59 Å². The predicted octanol–water partition coefficient (Wildman–Crippen LogP) is 2.76. The van der Waals surface area contributed by atoms with E-state index in [0.717, 1.165) is 53.4 Å². The van der Waals surface area contributed by atoms with Gasteiger partial charge < -0.3 is 10.4 Å². The number of nitrogens with one attached hydrogen (secondary N) is 1. The lowest BCUT2D eigenvalue weighted by molar-refractivity contribution is -0.138. The molecule has 0 unspecified atom stereocenters. The van der Waals surface area contributed by atoms with Crippen LogP contribution < -0.4 is 5.32 Å². The number of thioether (sulfide) groups is 1. The van der Waals surface area contributed by atoms with E-state index in [4.69, 9.17) is 5.11 Å². The van der Waals surface area contributed by atoms with E-state index in [0.29, 0.717) is 18.7 Å². The monoisotopic (exact) mass is 438 g/mol. The summed E-state index contributed by atoms with van der Waals surface area (Å²) in [4.78, 5) is 25.5. The van der Waals surface area contributed by atoms with Crippen LogP contribution >= 0.6 is 11.8 Å². The summed E-state index contributed by atoms with van der Waals surface area (Å²) in [6.45, 7) is 3.29. The number of hydrogen-bond donors (Lipinski definition) is 2. The number of carbonyl (C=O) groups excluding carboxylic acids is 1. The van der Waals surface area contributed by atoms with E-state index in [1.165, 1.54) is 0 Å². The van der Waals surface area contributed by atoms with Gasteiger partial charge in [0.2, 0.25) is 0 Å². The minimum atomic E-state index is -0.817. The van der Waals surface area contributed by atoms with Crippen molar-refractivity contribution in [1.82, 2.24) is 9.91 Å². The number of aliphatic carboxylic acids is 1.